The molecular weight excluding hydrogens is 969 g/mol. The quantitative estimate of drug-likeness (QED) is 0.109. The fourth-order valence-corrected chi connectivity index (χ4v) is 11.8. The first-order valence-corrected chi connectivity index (χ1v) is 27.4. The summed E-state index contributed by atoms with van der Waals surface area (Å²) in [6.07, 6.45) is 8.52. The summed E-state index contributed by atoms with van der Waals surface area (Å²) in [4.78, 5) is 135. The van der Waals surface area contributed by atoms with Crippen LogP contribution in [0.3, 0.4) is 0 Å². The Morgan fingerprint density at radius 1 is 0.750 bits per heavy atom. The number of carbonyl (C=O) groups is 9. The van der Waals surface area contributed by atoms with E-state index in [-0.39, 0.29) is 57.5 Å². The van der Waals surface area contributed by atoms with Crippen LogP contribution in [0.25, 0.3) is 21.7 Å². The first-order chi connectivity index (χ1) is 36.7. The average Bonchev–Trinajstić information content (AvgIpc) is 4.02. The van der Waals surface area contributed by atoms with Gasteiger partial charge in [-0.3, -0.25) is 43.2 Å². The van der Waals surface area contributed by atoms with E-state index >= 15 is 14.4 Å². The Hall–Kier alpha value is -7.31. The number of aromatic amines is 1. The van der Waals surface area contributed by atoms with Crippen LogP contribution in [-0.2, 0) is 56.0 Å². The Labute approximate surface area is 443 Å². The highest BCUT2D eigenvalue weighted by Crippen LogP contribution is 2.40. The van der Waals surface area contributed by atoms with Gasteiger partial charge in [0.2, 0.25) is 53.2 Å². The van der Waals surface area contributed by atoms with E-state index in [1.54, 1.807) is 6.20 Å². The SMILES string of the molecule is CCCC[C@H](NC(C)=O)C(=O)N[C@H]1CC(=O)NCCCC[C@@H](C(N)=O)NC(=O)[C@H](Cc2c[nH]c3ccccc23)NC(=O)[C@@H]2CCCCN2C(=O)[C@@H](Cc2ccc3ccccc3c2)NC(=O)[C@@H]2CC3CCCCC3N2C1=O. The van der Waals surface area contributed by atoms with Gasteiger partial charge in [-0.25, -0.2) is 0 Å². The van der Waals surface area contributed by atoms with Crippen LogP contribution >= 0.6 is 0 Å². The number of piperidine rings is 1. The van der Waals surface area contributed by atoms with Crippen LogP contribution < -0.4 is 37.6 Å². The van der Waals surface area contributed by atoms with E-state index in [2.05, 4.69) is 36.9 Å². The van der Waals surface area contributed by atoms with E-state index < -0.39 is 108 Å². The molecule has 0 bridgehead atoms. The molecule has 19 heteroatoms. The van der Waals surface area contributed by atoms with Crippen molar-refractivity contribution >= 4 is 74.8 Å². The van der Waals surface area contributed by atoms with Gasteiger partial charge in [-0.05, 0) is 98.1 Å². The van der Waals surface area contributed by atoms with Gasteiger partial charge in [-0.2, -0.15) is 0 Å². The molecule has 4 heterocycles. The normalized spacial score (nSPS) is 26.0. The minimum absolute atomic E-state index is 0.0348. The van der Waals surface area contributed by atoms with Gasteiger partial charge in [0.1, 0.15) is 42.3 Å². The summed E-state index contributed by atoms with van der Waals surface area (Å²) in [7, 11) is 0. The Morgan fingerprint density at radius 2 is 1.47 bits per heavy atom. The topological polar surface area (TPSA) is 274 Å². The third-order valence-corrected chi connectivity index (χ3v) is 15.8. The number of hydrogen-bond acceptors (Lipinski definition) is 9. The molecule has 9 N–H and O–H groups in total. The zero-order valence-corrected chi connectivity index (χ0v) is 43.7. The van der Waals surface area contributed by atoms with Crippen molar-refractivity contribution in [2.24, 2.45) is 11.7 Å². The predicted molar refractivity (Wildman–Crippen MR) is 286 cm³/mol. The molecule has 3 aromatic carbocycles. The van der Waals surface area contributed by atoms with Crippen molar-refractivity contribution < 1.29 is 43.2 Å². The number of benzene rings is 3. The van der Waals surface area contributed by atoms with Gasteiger partial charge in [0.25, 0.3) is 0 Å². The van der Waals surface area contributed by atoms with Crippen LogP contribution in [0, 0.1) is 5.92 Å². The molecule has 19 nitrogen and oxygen atoms in total. The van der Waals surface area contributed by atoms with Gasteiger partial charge in [0, 0.05) is 56.0 Å². The molecular formula is C57H74N10O9. The summed E-state index contributed by atoms with van der Waals surface area (Å²) in [5.41, 5.74) is 8.17. The lowest BCUT2D eigenvalue weighted by Crippen LogP contribution is -2.62. The van der Waals surface area contributed by atoms with Crippen LogP contribution in [0.5, 0.6) is 0 Å². The maximum atomic E-state index is 15.4. The van der Waals surface area contributed by atoms with Crippen LogP contribution in [0.2, 0.25) is 0 Å². The second kappa shape index (κ2) is 25.5. The Morgan fingerprint density at radius 3 is 2.26 bits per heavy atom. The molecule has 4 aliphatic rings. The smallest absolute Gasteiger partial charge is 0.246 e. The summed E-state index contributed by atoms with van der Waals surface area (Å²) in [6, 6.07) is 12.6. The molecule has 3 saturated heterocycles. The maximum Gasteiger partial charge on any atom is 0.246 e. The highest BCUT2D eigenvalue weighted by atomic mass is 16.2. The fraction of sp³-hybridized carbons (Fsp3) is 0.526. The lowest BCUT2D eigenvalue weighted by molar-refractivity contribution is -0.148. The second-order valence-electron chi connectivity index (χ2n) is 21.2. The monoisotopic (exact) mass is 1040 g/mol. The Kier molecular flexibility index (Phi) is 18.4. The predicted octanol–water partition coefficient (Wildman–Crippen LogP) is 3.46. The second-order valence-corrected chi connectivity index (χ2v) is 21.2. The number of unbranched alkanes of at least 4 members (excludes halogenated alkanes) is 1. The summed E-state index contributed by atoms with van der Waals surface area (Å²) in [5, 5.41) is 19.9. The number of amides is 9. The number of primary amides is 1. The summed E-state index contributed by atoms with van der Waals surface area (Å²) in [5.74, 6) is -5.45. The number of rotatable bonds is 11. The molecule has 4 fully saturated rings. The molecule has 76 heavy (non-hydrogen) atoms. The van der Waals surface area contributed by atoms with Gasteiger partial charge in [0.05, 0.1) is 6.42 Å². The van der Waals surface area contributed by atoms with E-state index in [0.29, 0.717) is 38.5 Å². The standard InChI is InChI=1S/C57H74N10O9/c1-3-4-19-43(61-34(2)68)52(71)64-46-32-50(69)59-26-13-11-21-42(51(58)70)62-53(72)44(30-39-33-60-41-20-9-8-18-40(39)41)63-54(73)48-23-12-14-27-66(48)56(75)45(29-35-24-25-36-15-5-6-16-37(36)28-35)65-55(74)49-31-38-17-7-10-22-47(38)67(49)57(46)76/h5-6,8-9,15-16,18,20,24-25,28,33,38,42-49,60H,3-4,7,10-14,17,19,21-23,26-27,29-32H2,1-2H3,(H2,58,70)(H,59,69)(H,61,68)(H,62,72)(H,63,73)(H,64,71)(H,65,74)/t38?,42-,43-,44-,45+,46-,47?,48-,49-/m0/s1. The number of carbonyl (C=O) groups excluding carboxylic acids is 9. The number of fused-ring (bicyclic) bond motifs is 6. The first kappa shape index (κ1) is 54.9. The number of nitrogens with two attached hydrogens (primary N) is 1. The van der Waals surface area contributed by atoms with Crippen molar-refractivity contribution in [3.8, 4) is 0 Å². The number of nitrogens with one attached hydrogen (secondary N) is 7. The van der Waals surface area contributed by atoms with Crippen LogP contribution in [-0.4, -0.2) is 129 Å². The lowest BCUT2D eigenvalue weighted by Gasteiger charge is -2.38. The summed E-state index contributed by atoms with van der Waals surface area (Å²) in [6.45, 7) is 3.54. The van der Waals surface area contributed by atoms with Crippen LogP contribution in [0.4, 0.5) is 0 Å². The van der Waals surface area contributed by atoms with E-state index in [1.165, 1.54) is 16.7 Å². The van der Waals surface area contributed by atoms with E-state index in [9.17, 15) is 28.8 Å². The molecule has 0 radical (unpaired) electrons. The first-order valence-electron chi connectivity index (χ1n) is 27.4. The van der Waals surface area contributed by atoms with Gasteiger partial charge >= 0.3 is 0 Å². The maximum absolute atomic E-state index is 15.4. The van der Waals surface area contributed by atoms with Crippen LogP contribution in [0.1, 0.15) is 121 Å². The van der Waals surface area contributed by atoms with Crippen molar-refractivity contribution in [1.82, 2.24) is 46.7 Å². The number of hydrogen-bond donors (Lipinski definition) is 8. The highest BCUT2D eigenvalue weighted by Gasteiger charge is 2.50. The number of nitrogens with zero attached hydrogens (tertiary/aromatic N) is 2. The fourth-order valence-electron chi connectivity index (χ4n) is 11.8. The van der Waals surface area contributed by atoms with E-state index in [4.69, 9.17) is 5.73 Å². The molecule has 1 aromatic heterocycles. The van der Waals surface area contributed by atoms with Gasteiger partial charge in [-0.1, -0.05) is 93.3 Å². The van der Waals surface area contributed by atoms with Gasteiger partial charge in [0.15, 0.2) is 0 Å². The van der Waals surface area contributed by atoms with Gasteiger partial charge in [-0.15, -0.1) is 0 Å². The van der Waals surface area contributed by atoms with E-state index in [1.807, 2.05) is 73.7 Å². The molecule has 9 atom stereocenters. The number of aromatic nitrogens is 1. The minimum Gasteiger partial charge on any atom is -0.368 e. The third kappa shape index (κ3) is 13.4. The molecule has 1 saturated carbocycles. The third-order valence-electron chi connectivity index (χ3n) is 15.8. The van der Waals surface area contributed by atoms with Crippen molar-refractivity contribution in [2.75, 3.05) is 13.1 Å². The lowest BCUT2D eigenvalue weighted by atomic mass is 9.84. The number of para-hydroxylation sites is 1. The summed E-state index contributed by atoms with van der Waals surface area (Å²) < 4.78 is 0. The van der Waals surface area contributed by atoms with Crippen molar-refractivity contribution in [1.29, 1.82) is 0 Å². The zero-order valence-electron chi connectivity index (χ0n) is 43.7. The number of H-pyrrole nitrogens is 1. The Bertz CT molecular complexity index is 2800. The van der Waals surface area contributed by atoms with Crippen LogP contribution in [0.15, 0.2) is 72.9 Å². The largest absolute Gasteiger partial charge is 0.368 e. The van der Waals surface area contributed by atoms with Crippen molar-refractivity contribution in [3.63, 3.8) is 0 Å². The molecule has 3 aliphatic heterocycles. The molecule has 2 unspecified atom stereocenters. The van der Waals surface area contributed by atoms with Crippen molar-refractivity contribution in [2.45, 2.75) is 171 Å². The molecule has 406 valence electrons. The molecule has 0 spiro atoms. The van der Waals surface area contributed by atoms with Gasteiger partial charge < -0.3 is 52.4 Å². The average molecular weight is 1040 g/mol. The minimum atomic E-state index is -1.43. The molecule has 1 aliphatic carbocycles. The summed E-state index contributed by atoms with van der Waals surface area (Å²) >= 11 is 0. The van der Waals surface area contributed by atoms with Crippen molar-refractivity contribution in [3.05, 3.63) is 84.1 Å². The zero-order chi connectivity index (χ0) is 53.9. The molecule has 4 aromatic rings. The molecule has 9 amide bonds. The highest BCUT2D eigenvalue weighted by molar-refractivity contribution is 5.99. The molecule has 8 rings (SSSR count). The van der Waals surface area contributed by atoms with E-state index in [0.717, 1.165) is 58.5 Å². The Balaban J connectivity index is 1.17.